The number of benzene rings is 2. The minimum atomic E-state index is 0.575. The van der Waals surface area contributed by atoms with Crippen LogP contribution >= 0.6 is 15.9 Å². The van der Waals surface area contributed by atoms with Gasteiger partial charge in [-0.2, -0.15) is 5.26 Å². The van der Waals surface area contributed by atoms with Crippen LogP contribution in [0.25, 0.3) is 0 Å². The Morgan fingerprint density at radius 1 is 1.15 bits per heavy atom. The van der Waals surface area contributed by atoms with Gasteiger partial charge in [0.1, 0.15) is 11.8 Å². The normalized spacial score (nSPS) is 9.90. The van der Waals surface area contributed by atoms with Gasteiger partial charge in [0, 0.05) is 4.47 Å². The number of hydrogen-bond acceptors (Lipinski definition) is 3. The first-order valence-corrected chi connectivity index (χ1v) is 7.01. The molecule has 0 atom stereocenters. The molecule has 0 aromatic heterocycles. The molecular weight excluding hydrogens is 318 g/mol. The van der Waals surface area contributed by atoms with E-state index in [-0.39, 0.29) is 0 Å². The molecule has 0 heterocycles. The number of halogens is 1. The summed E-state index contributed by atoms with van der Waals surface area (Å²) in [6, 6.07) is 13.2. The average molecular weight is 332 g/mol. The Morgan fingerprint density at radius 2 is 1.95 bits per heavy atom. The Balaban J connectivity index is 2.30. The van der Waals surface area contributed by atoms with Gasteiger partial charge in [-0.1, -0.05) is 13.0 Å². The van der Waals surface area contributed by atoms with Crippen LogP contribution in [0.2, 0.25) is 0 Å². The highest BCUT2D eigenvalue weighted by Gasteiger charge is 2.08. The second kappa shape index (κ2) is 6.44. The molecule has 0 N–H and O–H groups in total. The summed E-state index contributed by atoms with van der Waals surface area (Å²) in [4.78, 5) is 0. The van der Waals surface area contributed by atoms with E-state index >= 15 is 0 Å². The third-order valence-electron chi connectivity index (χ3n) is 2.93. The molecule has 0 unspecified atom stereocenters. The van der Waals surface area contributed by atoms with E-state index in [9.17, 15) is 0 Å². The number of aryl methyl sites for hydroxylation is 1. The van der Waals surface area contributed by atoms with E-state index in [1.807, 2.05) is 18.2 Å². The second-order valence-electron chi connectivity index (χ2n) is 4.19. The summed E-state index contributed by atoms with van der Waals surface area (Å²) < 4.78 is 11.9. The van der Waals surface area contributed by atoms with E-state index in [4.69, 9.17) is 14.7 Å². The molecule has 0 aliphatic heterocycles. The lowest BCUT2D eigenvalue weighted by molar-refractivity contribution is 0.378. The predicted octanol–water partition coefficient (Wildman–Crippen LogP) is 4.68. The molecule has 102 valence electrons. The summed E-state index contributed by atoms with van der Waals surface area (Å²) in [6.45, 7) is 2.09. The van der Waals surface area contributed by atoms with Crippen LogP contribution in [0, 0.1) is 11.3 Å². The molecule has 0 saturated carbocycles. The minimum absolute atomic E-state index is 0.575. The summed E-state index contributed by atoms with van der Waals surface area (Å²) in [7, 11) is 1.62. The Kier molecular flexibility index (Phi) is 4.65. The molecule has 20 heavy (non-hydrogen) atoms. The average Bonchev–Trinajstić information content (AvgIpc) is 2.48. The van der Waals surface area contributed by atoms with Crippen molar-refractivity contribution in [2.75, 3.05) is 7.11 Å². The van der Waals surface area contributed by atoms with Crippen molar-refractivity contribution in [3.05, 3.63) is 52.0 Å². The standard InChI is InChI=1S/C16H14BrNO2/c1-3-11-4-7-15(16(8-11)19-2)20-13-6-5-12(10-18)14(17)9-13/h4-9H,3H2,1-2H3. The van der Waals surface area contributed by atoms with Crippen molar-refractivity contribution in [3.63, 3.8) is 0 Å². The largest absolute Gasteiger partial charge is 0.493 e. The van der Waals surface area contributed by atoms with E-state index in [0.29, 0.717) is 27.3 Å². The lowest BCUT2D eigenvalue weighted by Crippen LogP contribution is -1.92. The molecule has 0 amide bonds. The molecule has 0 saturated heterocycles. The van der Waals surface area contributed by atoms with Crippen molar-refractivity contribution >= 4 is 15.9 Å². The maximum atomic E-state index is 8.90. The van der Waals surface area contributed by atoms with Crippen LogP contribution in [0.4, 0.5) is 0 Å². The molecule has 3 nitrogen and oxygen atoms in total. The maximum absolute atomic E-state index is 8.90. The van der Waals surface area contributed by atoms with Gasteiger partial charge in [-0.15, -0.1) is 0 Å². The zero-order chi connectivity index (χ0) is 14.5. The first-order valence-electron chi connectivity index (χ1n) is 6.22. The molecule has 0 aliphatic rings. The predicted molar refractivity (Wildman–Crippen MR) is 81.3 cm³/mol. The van der Waals surface area contributed by atoms with Gasteiger partial charge in [0.15, 0.2) is 11.5 Å². The van der Waals surface area contributed by atoms with Crippen LogP contribution in [-0.4, -0.2) is 7.11 Å². The van der Waals surface area contributed by atoms with Crippen molar-refractivity contribution in [2.24, 2.45) is 0 Å². The van der Waals surface area contributed by atoms with Gasteiger partial charge in [-0.25, -0.2) is 0 Å². The molecule has 2 aromatic rings. The Labute approximate surface area is 126 Å². The van der Waals surface area contributed by atoms with Crippen molar-refractivity contribution in [3.8, 4) is 23.3 Å². The monoisotopic (exact) mass is 331 g/mol. The Morgan fingerprint density at radius 3 is 2.55 bits per heavy atom. The summed E-state index contributed by atoms with van der Waals surface area (Å²) in [5.74, 6) is 2.00. The van der Waals surface area contributed by atoms with Crippen molar-refractivity contribution in [2.45, 2.75) is 13.3 Å². The third kappa shape index (κ3) is 3.12. The molecule has 0 spiro atoms. The number of nitriles is 1. The molecule has 2 rings (SSSR count). The van der Waals surface area contributed by atoms with Crippen molar-refractivity contribution < 1.29 is 9.47 Å². The first kappa shape index (κ1) is 14.4. The minimum Gasteiger partial charge on any atom is -0.493 e. The molecule has 2 aromatic carbocycles. The third-order valence-corrected chi connectivity index (χ3v) is 3.58. The maximum Gasteiger partial charge on any atom is 0.169 e. The summed E-state index contributed by atoms with van der Waals surface area (Å²) in [5.41, 5.74) is 1.76. The smallest absolute Gasteiger partial charge is 0.169 e. The first-order chi connectivity index (χ1) is 9.67. The lowest BCUT2D eigenvalue weighted by Gasteiger charge is -2.12. The lowest BCUT2D eigenvalue weighted by atomic mass is 10.1. The number of rotatable bonds is 4. The summed E-state index contributed by atoms with van der Waals surface area (Å²) >= 11 is 3.35. The van der Waals surface area contributed by atoms with Crippen molar-refractivity contribution in [1.82, 2.24) is 0 Å². The topological polar surface area (TPSA) is 42.2 Å². The van der Waals surface area contributed by atoms with Crippen LogP contribution in [0.5, 0.6) is 17.2 Å². The highest BCUT2D eigenvalue weighted by atomic mass is 79.9. The van der Waals surface area contributed by atoms with Crippen LogP contribution in [0.1, 0.15) is 18.1 Å². The highest BCUT2D eigenvalue weighted by Crippen LogP contribution is 2.34. The highest BCUT2D eigenvalue weighted by molar-refractivity contribution is 9.10. The van der Waals surface area contributed by atoms with Crippen LogP contribution in [0.15, 0.2) is 40.9 Å². The van der Waals surface area contributed by atoms with Crippen molar-refractivity contribution in [1.29, 1.82) is 5.26 Å². The van der Waals surface area contributed by atoms with Crippen LogP contribution < -0.4 is 9.47 Å². The molecule has 4 heteroatoms. The van der Waals surface area contributed by atoms with E-state index in [2.05, 4.69) is 28.9 Å². The number of hydrogen-bond donors (Lipinski definition) is 0. The Hall–Kier alpha value is -1.99. The summed E-state index contributed by atoms with van der Waals surface area (Å²) in [6.07, 6.45) is 0.944. The quantitative estimate of drug-likeness (QED) is 0.816. The molecular formula is C16H14BrNO2. The fourth-order valence-corrected chi connectivity index (χ4v) is 2.24. The molecule has 0 bridgehead atoms. The number of methoxy groups -OCH3 is 1. The van der Waals surface area contributed by atoms with Gasteiger partial charge in [0.25, 0.3) is 0 Å². The zero-order valence-corrected chi connectivity index (χ0v) is 12.9. The van der Waals surface area contributed by atoms with Gasteiger partial charge in [0.05, 0.1) is 12.7 Å². The van der Waals surface area contributed by atoms with Gasteiger partial charge in [-0.05, 0) is 58.2 Å². The van der Waals surface area contributed by atoms with E-state index in [0.717, 1.165) is 6.42 Å². The van der Waals surface area contributed by atoms with Gasteiger partial charge in [-0.3, -0.25) is 0 Å². The van der Waals surface area contributed by atoms with E-state index in [1.54, 1.807) is 25.3 Å². The zero-order valence-electron chi connectivity index (χ0n) is 11.3. The fraction of sp³-hybridized carbons (Fsp3) is 0.188. The van der Waals surface area contributed by atoms with Gasteiger partial charge < -0.3 is 9.47 Å². The molecule has 0 aliphatic carbocycles. The number of ether oxygens (including phenoxy) is 2. The summed E-state index contributed by atoms with van der Waals surface area (Å²) in [5, 5.41) is 8.90. The number of nitrogens with zero attached hydrogens (tertiary/aromatic N) is 1. The molecule has 0 radical (unpaired) electrons. The second-order valence-corrected chi connectivity index (χ2v) is 5.05. The van der Waals surface area contributed by atoms with Gasteiger partial charge in [0.2, 0.25) is 0 Å². The van der Waals surface area contributed by atoms with Crippen LogP contribution in [0.3, 0.4) is 0 Å². The van der Waals surface area contributed by atoms with E-state index in [1.165, 1.54) is 5.56 Å². The van der Waals surface area contributed by atoms with Gasteiger partial charge >= 0.3 is 0 Å². The van der Waals surface area contributed by atoms with Crippen LogP contribution in [-0.2, 0) is 6.42 Å². The van der Waals surface area contributed by atoms with E-state index < -0.39 is 0 Å². The SMILES string of the molecule is CCc1ccc(Oc2ccc(C#N)c(Br)c2)c(OC)c1. The fourth-order valence-electron chi connectivity index (χ4n) is 1.79. The molecule has 0 fully saturated rings. The Bertz CT molecular complexity index is 662.